The molecule has 0 aromatic heterocycles. The predicted molar refractivity (Wildman–Crippen MR) is 108 cm³/mol. The normalized spacial score (nSPS) is 32.3. The van der Waals surface area contributed by atoms with E-state index in [1.54, 1.807) is 0 Å². The highest BCUT2D eigenvalue weighted by Crippen LogP contribution is 2.60. The smallest absolute Gasteiger partial charge is 0.336 e. The molecule has 4 nitrogen and oxygen atoms in total. The first kappa shape index (κ1) is 20.1. The summed E-state index contributed by atoms with van der Waals surface area (Å²) >= 11 is 0. The van der Waals surface area contributed by atoms with Crippen LogP contribution < -0.4 is 0 Å². The molecule has 1 aliphatic heterocycles. The first-order valence-electron chi connectivity index (χ1n) is 10.3. The molecule has 2 saturated carbocycles. The maximum absolute atomic E-state index is 14.3. The Morgan fingerprint density at radius 3 is 2.00 bits per heavy atom. The number of fused-ring (bicyclic) bond motifs is 5. The highest BCUT2D eigenvalue weighted by atomic mass is 32.2. The Morgan fingerprint density at radius 1 is 0.933 bits per heavy atom. The molecule has 5 unspecified atom stereocenters. The van der Waals surface area contributed by atoms with Gasteiger partial charge in [0.1, 0.15) is 0 Å². The van der Waals surface area contributed by atoms with E-state index in [4.69, 9.17) is 9.47 Å². The van der Waals surface area contributed by atoms with Gasteiger partial charge in [-0.25, -0.2) is 8.42 Å². The number of sulfone groups is 1. The molecule has 2 aromatic rings. The zero-order valence-corrected chi connectivity index (χ0v) is 17.4. The van der Waals surface area contributed by atoms with Crippen molar-refractivity contribution in [3.63, 3.8) is 0 Å². The average molecular weight is 435 g/mol. The van der Waals surface area contributed by atoms with E-state index in [0.717, 1.165) is 17.5 Å². The van der Waals surface area contributed by atoms with Crippen molar-refractivity contribution in [2.45, 2.75) is 42.5 Å². The van der Waals surface area contributed by atoms with Gasteiger partial charge in [0, 0.05) is 23.8 Å². The van der Waals surface area contributed by atoms with E-state index in [-0.39, 0.29) is 24.0 Å². The maximum atomic E-state index is 14.3. The first-order valence-corrected chi connectivity index (χ1v) is 12.1. The van der Waals surface area contributed by atoms with E-state index >= 15 is 0 Å². The number of benzene rings is 2. The monoisotopic (exact) mass is 434 g/mol. The van der Waals surface area contributed by atoms with Crippen LogP contribution >= 0.6 is 0 Å². The lowest BCUT2D eigenvalue weighted by Gasteiger charge is -2.31. The van der Waals surface area contributed by atoms with Crippen molar-refractivity contribution in [1.29, 1.82) is 0 Å². The molecule has 5 rings (SSSR count). The fraction of sp³-hybridized carbons (Fsp3) is 0.478. The SMILES string of the molecule is CS(=O)(=O)C(F)(F)CC1CC2CC1C1OC(c3ccccc3)(c3ccccc3)OC21. The van der Waals surface area contributed by atoms with Crippen molar-refractivity contribution in [1.82, 2.24) is 0 Å². The highest BCUT2D eigenvalue weighted by Gasteiger charge is 2.64. The Labute approximate surface area is 175 Å². The molecule has 0 spiro atoms. The van der Waals surface area contributed by atoms with Crippen LogP contribution in [0.3, 0.4) is 0 Å². The van der Waals surface area contributed by atoms with Crippen molar-refractivity contribution in [2.24, 2.45) is 17.8 Å². The summed E-state index contributed by atoms with van der Waals surface area (Å²) in [6.07, 6.45) is 0.722. The Balaban J connectivity index is 1.47. The molecule has 0 amide bonds. The van der Waals surface area contributed by atoms with Gasteiger partial charge in [0.25, 0.3) is 0 Å². The predicted octanol–water partition coefficient (Wildman–Crippen LogP) is 4.36. The lowest BCUT2D eigenvalue weighted by atomic mass is 9.83. The second-order valence-corrected chi connectivity index (χ2v) is 10.9. The van der Waals surface area contributed by atoms with Gasteiger partial charge in [0.15, 0.2) is 0 Å². The number of halogens is 2. The van der Waals surface area contributed by atoms with E-state index in [1.165, 1.54) is 0 Å². The van der Waals surface area contributed by atoms with E-state index in [0.29, 0.717) is 12.7 Å². The molecular formula is C23H24F2O4S. The van der Waals surface area contributed by atoms with Crippen molar-refractivity contribution in [2.75, 3.05) is 6.26 Å². The van der Waals surface area contributed by atoms with Gasteiger partial charge in [-0.3, -0.25) is 0 Å². The van der Waals surface area contributed by atoms with E-state index in [2.05, 4.69) is 0 Å². The molecule has 7 heteroatoms. The molecule has 3 aliphatic rings. The molecule has 2 aliphatic carbocycles. The van der Waals surface area contributed by atoms with Crippen molar-refractivity contribution >= 4 is 9.84 Å². The van der Waals surface area contributed by atoms with E-state index < -0.39 is 33.2 Å². The van der Waals surface area contributed by atoms with Crippen LogP contribution in [0.2, 0.25) is 0 Å². The van der Waals surface area contributed by atoms with Crippen LogP contribution in [0.15, 0.2) is 60.7 Å². The molecule has 1 saturated heterocycles. The Bertz CT molecular complexity index is 986. The highest BCUT2D eigenvalue weighted by molar-refractivity contribution is 7.91. The number of alkyl halides is 2. The van der Waals surface area contributed by atoms with Crippen LogP contribution in [0.25, 0.3) is 0 Å². The topological polar surface area (TPSA) is 52.6 Å². The summed E-state index contributed by atoms with van der Waals surface area (Å²) in [5, 5.41) is -3.72. The van der Waals surface area contributed by atoms with Gasteiger partial charge in [-0.1, -0.05) is 60.7 Å². The lowest BCUT2D eigenvalue weighted by molar-refractivity contribution is -0.162. The van der Waals surface area contributed by atoms with Crippen LogP contribution in [0, 0.1) is 17.8 Å². The molecule has 160 valence electrons. The molecular weight excluding hydrogens is 410 g/mol. The van der Waals surface area contributed by atoms with Crippen LogP contribution in [0.4, 0.5) is 8.78 Å². The second kappa shape index (κ2) is 6.84. The number of rotatable bonds is 5. The quantitative estimate of drug-likeness (QED) is 0.702. The van der Waals surface area contributed by atoms with Crippen molar-refractivity contribution in [3.05, 3.63) is 71.8 Å². The summed E-state index contributed by atoms with van der Waals surface area (Å²) in [5.74, 6) is -1.52. The van der Waals surface area contributed by atoms with Gasteiger partial charge in [0.2, 0.25) is 15.6 Å². The molecule has 3 fully saturated rings. The molecule has 1 heterocycles. The van der Waals surface area contributed by atoms with Crippen molar-refractivity contribution < 1.29 is 26.7 Å². The number of hydrogen-bond acceptors (Lipinski definition) is 4. The standard InChI is InChI=1S/C23H24F2O4S/c1-30(26,27)22(24,25)14-16-12-15-13-19(16)21-20(15)28-23(29-21,17-8-4-2-5-9-17)18-10-6-3-7-11-18/h2-11,15-16,19-21H,12-14H2,1H3. The third-order valence-corrected chi connectivity index (χ3v) is 8.20. The van der Waals surface area contributed by atoms with Crippen molar-refractivity contribution in [3.8, 4) is 0 Å². The molecule has 2 bridgehead atoms. The van der Waals surface area contributed by atoms with Gasteiger partial charge in [-0.2, -0.15) is 8.78 Å². The van der Waals surface area contributed by atoms with Crippen LogP contribution in [0.1, 0.15) is 30.4 Å². The van der Waals surface area contributed by atoms with Gasteiger partial charge in [-0.15, -0.1) is 0 Å². The van der Waals surface area contributed by atoms with E-state index in [9.17, 15) is 17.2 Å². The molecule has 0 radical (unpaired) electrons. The first-order chi connectivity index (χ1) is 14.2. The van der Waals surface area contributed by atoms with Gasteiger partial charge >= 0.3 is 5.25 Å². The minimum absolute atomic E-state index is 0.0923. The third kappa shape index (κ3) is 3.01. The Kier molecular flexibility index (Phi) is 4.58. The molecule has 30 heavy (non-hydrogen) atoms. The summed E-state index contributed by atoms with van der Waals surface area (Å²) < 4.78 is 64.8. The Morgan fingerprint density at radius 2 is 1.47 bits per heavy atom. The summed E-state index contributed by atoms with van der Waals surface area (Å²) in [5.41, 5.74) is 1.73. The minimum atomic E-state index is -4.44. The largest absolute Gasteiger partial charge is 0.345 e. The number of hydrogen-bond donors (Lipinski definition) is 0. The van der Waals surface area contributed by atoms with Gasteiger partial charge in [0.05, 0.1) is 12.2 Å². The minimum Gasteiger partial charge on any atom is -0.336 e. The second-order valence-electron chi connectivity index (χ2n) is 8.78. The lowest BCUT2D eigenvalue weighted by Crippen LogP contribution is -2.39. The van der Waals surface area contributed by atoms with Gasteiger partial charge < -0.3 is 9.47 Å². The van der Waals surface area contributed by atoms with Crippen LogP contribution in [-0.2, 0) is 25.1 Å². The van der Waals surface area contributed by atoms with E-state index in [1.807, 2.05) is 60.7 Å². The fourth-order valence-corrected chi connectivity index (χ4v) is 6.08. The summed E-state index contributed by atoms with van der Waals surface area (Å²) in [4.78, 5) is 0. The molecule has 5 atom stereocenters. The zero-order chi connectivity index (χ0) is 21.1. The summed E-state index contributed by atoms with van der Waals surface area (Å²) in [6, 6.07) is 19.3. The fourth-order valence-electron chi connectivity index (χ4n) is 5.56. The van der Waals surface area contributed by atoms with Crippen LogP contribution in [0.5, 0.6) is 0 Å². The van der Waals surface area contributed by atoms with Gasteiger partial charge in [-0.05, 0) is 30.6 Å². The maximum Gasteiger partial charge on any atom is 0.345 e. The zero-order valence-electron chi connectivity index (χ0n) is 16.6. The summed E-state index contributed by atoms with van der Waals surface area (Å²) in [6.45, 7) is 0. The average Bonchev–Trinajstić information content (AvgIpc) is 3.38. The molecule has 0 N–H and O–H groups in total. The summed E-state index contributed by atoms with van der Waals surface area (Å²) in [7, 11) is -4.44. The third-order valence-electron chi connectivity index (χ3n) is 6.95. The number of ether oxygens (including phenoxy) is 2. The van der Waals surface area contributed by atoms with Crippen LogP contribution in [-0.4, -0.2) is 32.1 Å². The Hall–Kier alpha value is -1.83. The molecule has 2 aromatic carbocycles.